The number of nitrogens with zero attached hydrogens (tertiary/aromatic N) is 7. The van der Waals surface area contributed by atoms with Gasteiger partial charge in [0.2, 0.25) is 11.8 Å². The third-order valence-corrected chi connectivity index (χ3v) is 15.8. The highest BCUT2D eigenvalue weighted by atomic mass is 35.5. The molecule has 5 aliphatic rings. The van der Waals surface area contributed by atoms with Gasteiger partial charge in [0, 0.05) is 79.3 Å². The largest absolute Gasteiger partial charge is 0.489 e. The summed E-state index contributed by atoms with van der Waals surface area (Å²) in [6.45, 7) is 14.5. The summed E-state index contributed by atoms with van der Waals surface area (Å²) < 4.78 is 7.48. The maximum atomic E-state index is 13.7. The third kappa shape index (κ3) is 9.27. The number of carbonyl (C=O) groups is 4. The Morgan fingerprint density at radius 3 is 2.22 bits per heavy atom. The Morgan fingerprint density at radius 1 is 0.866 bits per heavy atom. The quantitative estimate of drug-likeness (QED) is 0.172. The minimum atomic E-state index is -0.877. The Labute approximate surface area is 396 Å². The van der Waals surface area contributed by atoms with Gasteiger partial charge in [-0.05, 0) is 118 Å². The van der Waals surface area contributed by atoms with Gasteiger partial charge in [-0.3, -0.25) is 29.3 Å². The molecule has 352 valence electrons. The van der Waals surface area contributed by atoms with Crippen molar-refractivity contribution in [3.8, 4) is 11.8 Å². The monoisotopic (exact) mass is 929 g/mol. The molecule has 5 heterocycles. The van der Waals surface area contributed by atoms with Gasteiger partial charge in [-0.1, -0.05) is 56.6 Å². The van der Waals surface area contributed by atoms with Crippen LogP contribution in [0.3, 0.4) is 0 Å². The van der Waals surface area contributed by atoms with Crippen molar-refractivity contribution < 1.29 is 23.9 Å². The van der Waals surface area contributed by atoms with E-state index in [2.05, 4.69) is 81.5 Å². The van der Waals surface area contributed by atoms with Crippen molar-refractivity contribution >= 4 is 51.8 Å². The number of nitriles is 1. The number of ether oxygens (including phenoxy) is 1. The lowest BCUT2D eigenvalue weighted by atomic mass is 9.49. The molecule has 0 spiro atoms. The molecule has 67 heavy (non-hydrogen) atoms. The van der Waals surface area contributed by atoms with Gasteiger partial charge in [0.15, 0.2) is 0 Å². The van der Waals surface area contributed by atoms with E-state index in [0.717, 1.165) is 81.6 Å². The number of likely N-dealkylation sites (tertiary alicyclic amines) is 2. The highest BCUT2D eigenvalue weighted by molar-refractivity contribution is 6.31. The predicted molar refractivity (Wildman–Crippen MR) is 254 cm³/mol. The summed E-state index contributed by atoms with van der Waals surface area (Å²) in [6.07, 6.45) is 5.82. The minimum absolute atomic E-state index is 0.0240. The number of benzene rings is 3. The molecule has 1 atom stereocenters. The number of fused-ring (bicyclic) bond motifs is 1. The van der Waals surface area contributed by atoms with Gasteiger partial charge in [0.05, 0.1) is 16.0 Å². The SMILES string of the molecule is CC1(C)[C@H](NC(=O)c2ccc(C3CCN(CC4CCN(C(=O)C5CCN(c6ccc7nnn(C8CCC(=O)NC8=O)c(=O)c7c6)CC5)CC4)CC3)cc2)C(C)(C)[C@H]1Oc1ccc(C#N)c(Cl)c1. The van der Waals surface area contributed by atoms with E-state index in [1.54, 1.807) is 30.3 Å². The first-order chi connectivity index (χ1) is 32.1. The fourth-order valence-electron chi connectivity index (χ4n) is 11.9. The van der Waals surface area contributed by atoms with E-state index in [-0.39, 0.29) is 59.5 Å². The van der Waals surface area contributed by atoms with E-state index in [4.69, 9.17) is 16.3 Å². The molecular formula is C51H60ClN9O6. The van der Waals surface area contributed by atoms with Crippen LogP contribution in [-0.2, 0) is 14.4 Å². The molecule has 0 bridgehead atoms. The number of hydrogen-bond donors (Lipinski definition) is 2. The van der Waals surface area contributed by atoms with Gasteiger partial charge in [-0.25, -0.2) is 0 Å². The number of carbonyl (C=O) groups excluding carboxylic acids is 4. The van der Waals surface area contributed by atoms with Crippen molar-refractivity contribution in [2.45, 2.75) is 103 Å². The van der Waals surface area contributed by atoms with Crippen molar-refractivity contribution in [3.05, 3.63) is 92.7 Å². The lowest BCUT2D eigenvalue weighted by molar-refractivity contribution is -0.164. The standard InChI is InChI=1S/C51H60ClN9O6/c1-50(2)48(51(3,4)49(50)67-38-11-9-36(29-53)40(52)28-38)55-44(63)34-7-5-32(6-8-34)33-17-21-58(22-18-33)30-31-15-23-60(24-16-31)46(65)35-19-25-59(26-20-35)37-10-12-41-39(27-37)47(66)61(57-56-41)42-13-14-43(62)54-45(42)64/h5-12,27-28,31,33,35,42,48-49H,13-26,30H2,1-4H3,(H,55,63)(H,54,62,64)/t42?,48-,49-. The summed E-state index contributed by atoms with van der Waals surface area (Å²) in [5.41, 5.74) is 2.53. The van der Waals surface area contributed by atoms with E-state index >= 15 is 0 Å². The molecule has 15 nitrogen and oxygen atoms in total. The zero-order valence-corrected chi connectivity index (χ0v) is 39.6. The van der Waals surface area contributed by atoms with Gasteiger partial charge < -0.3 is 24.8 Å². The van der Waals surface area contributed by atoms with Crippen LogP contribution in [0.1, 0.15) is 113 Å². The average molecular weight is 931 g/mol. The van der Waals surface area contributed by atoms with Crippen LogP contribution in [0.25, 0.3) is 10.9 Å². The van der Waals surface area contributed by atoms with Crippen LogP contribution in [0.4, 0.5) is 5.69 Å². The van der Waals surface area contributed by atoms with Crippen LogP contribution in [0.5, 0.6) is 5.75 Å². The smallest absolute Gasteiger partial charge is 0.278 e. The molecule has 0 radical (unpaired) electrons. The number of imide groups is 1. The summed E-state index contributed by atoms with van der Waals surface area (Å²) in [4.78, 5) is 71.7. The Kier molecular flexibility index (Phi) is 12.9. The molecule has 9 rings (SSSR count). The number of halogens is 1. The molecular weight excluding hydrogens is 870 g/mol. The maximum Gasteiger partial charge on any atom is 0.278 e. The second-order valence-corrected chi connectivity index (χ2v) is 20.9. The molecule has 4 amide bonds. The van der Waals surface area contributed by atoms with Crippen molar-refractivity contribution in [2.75, 3.05) is 50.7 Å². The summed E-state index contributed by atoms with van der Waals surface area (Å²) in [5.74, 6) is 0.858. The third-order valence-electron chi connectivity index (χ3n) is 15.5. The first kappa shape index (κ1) is 46.3. The Hall–Kier alpha value is -5.85. The first-order valence-electron chi connectivity index (χ1n) is 23.9. The number of piperidine rings is 4. The van der Waals surface area contributed by atoms with E-state index in [9.17, 15) is 29.2 Å². The normalized spacial score (nSPS) is 23.9. The molecule has 1 aliphatic carbocycles. The number of nitrogens with one attached hydrogen (secondary N) is 2. The van der Waals surface area contributed by atoms with Crippen molar-refractivity contribution in [3.63, 3.8) is 0 Å². The zero-order valence-electron chi connectivity index (χ0n) is 38.8. The fraction of sp³-hybridized carbons (Fsp3) is 0.529. The van der Waals surface area contributed by atoms with Crippen molar-refractivity contribution in [2.24, 2.45) is 22.7 Å². The molecule has 2 N–H and O–H groups in total. The summed E-state index contributed by atoms with van der Waals surface area (Å²) in [5, 5.41) is 23.7. The van der Waals surface area contributed by atoms with E-state index in [1.807, 2.05) is 18.2 Å². The van der Waals surface area contributed by atoms with Crippen LogP contribution < -0.4 is 25.8 Å². The molecule has 1 aromatic heterocycles. The van der Waals surface area contributed by atoms with E-state index in [0.29, 0.717) is 57.7 Å². The van der Waals surface area contributed by atoms with Crippen molar-refractivity contribution in [1.29, 1.82) is 5.26 Å². The fourth-order valence-corrected chi connectivity index (χ4v) is 12.1. The highest BCUT2D eigenvalue weighted by Gasteiger charge is 2.64. The van der Waals surface area contributed by atoms with Gasteiger partial charge >= 0.3 is 0 Å². The van der Waals surface area contributed by atoms with Crippen LogP contribution in [0, 0.1) is 34.0 Å². The molecule has 3 aromatic carbocycles. The molecule has 5 fully saturated rings. The number of aromatic nitrogens is 3. The average Bonchev–Trinajstić information content (AvgIpc) is 3.33. The Morgan fingerprint density at radius 2 is 1.57 bits per heavy atom. The number of anilines is 1. The summed E-state index contributed by atoms with van der Waals surface area (Å²) in [6, 6.07) is 19.8. The topological polar surface area (TPSA) is 183 Å². The lowest BCUT2D eigenvalue weighted by Crippen LogP contribution is -2.74. The Balaban J connectivity index is 0.699. The second-order valence-electron chi connectivity index (χ2n) is 20.5. The molecule has 4 aliphatic heterocycles. The first-order valence-corrected chi connectivity index (χ1v) is 24.2. The number of rotatable bonds is 10. The van der Waals surface area contributed by atoms with Gasteiger partial charge in [-0.15, -0.1) is 5.10 Å². The number of hydrogen-bond acceptors (Lipinski definition) is 11. The summed E-state index contributed by atoms with van der Waals surface area (Å²) >= 11 is 6.27. The molecule has 4 aromatic rings. The second kappa shape index (κ2) is 18.7. The van der Waals surface area contributed by atoms with Crippen LogP contribution in [-0.4, -0.2) is 106 Å². The van der Waals surface area contributed by atoms with Gasteiger partial charge in [0.1, 0.15) is 29.5 Å². The van der Waals surface area contributed by atoms with Gasteiger partial charge in [0.25, 0.3) is 17.4 Å². The lowest BCUT2D eigenvalue weighted by Gasteiger charge is -2.63. The van der Waals surface area contributed by atoms with Gasteiger partial charge in [-0.2, -0.15) is 9.94 Å². The number of amides is 4. The predicted octanol–water partition coefficient (Wildman–Crippen LogP) is 6.24. The van der Waals surface area contributed by atoms with E-state index < -0.39 is 17.5 Å². The molecule has 16 heteroatoms. The zero-order chi connectivity index (χ0) is 47.2. The van der Waals surface area contributed by atoms with E-state index in [1.165, 1.54) is 5.56 Å². The van der Waals surface area contributed by atoms with Crippen molar-refractivity contribution in [1.82, 2.24) is 35.4 Å². The minimum Gasteiger partial charge on any atom is -0.489 e. The van der Waals surface area contributed by atoms with Crippen LogP contribution in [0.15, 0.2) is 65.5 Å². The van der Waals surface area contributed by atoms with Crippen LogP contribution >= 0.6 is 11.6 Å². The maximum absolute atomic E-state index is 13.7. The van der Waals surface area contributed by atoms with Crippen LogP contribution in [0.2, 0.25) is 5.02 Å². The summed E-state index contributed by atoms with van der Waals surface area (Å²) in [7, 11) is 0. The molecule has 1 saturated carbocycles. The molecule has 1 unspecified atom stereocenters. The molecule has 4 saturated heterocycles. The highest BCUT2D eigenvalue weighted by Crippen LogP contribution is 2.55. The Bertz CT molecular complexity index is 2640.